The predicted molar refractivity (Wildman–Crippen MR) is 73.5 cm³/mol. The monoisotopic (exact) mass is 301 g/mol. The van der Waals surface area contributed by atoms with Crippen molar-refractivity contribution in [2.24, 2.45) is 10.3 Å². The van der Waals surface area contributed by atoms with Crippen LogP contribution < -0.4 is 0 Å². The average molecular weight is 302 g/mol. The molecule has 0 spiro atoms. The zero-order chi connectivity index (χ0) is 13.8. The van der Waals surface area contributed by atoms with E-state index in [1.807, 2.05) is 6.07 Å². The van der Waals surface area contributed by atoms with Gasteiger partial charge >= 0.3 is 0 Å². The molecule has 19 heavy (non-hydrogen) atoms. The number of hydrogen-bond acceptors (Lipinski definition) is 6. The number of nitrogens with zero attached hydrogens (tertiary/aromatic N) is 3. The van der Waals surface area contributed by atoms with Crippen molar-refractivity contribution >= 4 is 40.3 Å². The molecule has 1 N–H and O–H groups in total. The summed E-state index contributed by atoms with van der Waals surface area (Å²) in [5.74, 6) is -0.365. The number of halogens is 1. The van der Waals surface area contributed by atoms with Gasteiger partial charge in [0.1, 0.15) is 0 Å². The third kappa shape index (κ3) is 3.31. The molecule has 0 atom stereocenters. The van der Waals surface area contributed by atoms with Crippen molar-refractivity contribution in [3.8, 4) is 0 Å². The second-order valence-corrected chi connectivity index (χ2v) is 5.56. The number of thiophene rings is 1. The zero-order valence-electron chi connectivity index (χ0n) is 10.2. The fourth-order valence-corrected chi connectivity index (χ4v) is 2.49. The molecule has 102 valence electrons. The van der Waals surface area contributed by atoms with Crippen LogP contribution in [0.5, 0.6) is 0 Å². The van der Waals surface area contributed by atoms with Gasteiger partial charge in [-0.3, -0.25) is 4.79 Å². The van der Waals surface area contributed by atoms with Crippen LogP contribution in [0.25, 0.3) is 0 Å². The summed E-state index contributed by atoms with van der Waals surface area (Å²) in [6.45, 7) is 1.92. The molecule has 0 aliphatic carbocycles. The van der Waals surface area contributed by atoms with Crippen molar-refractivity contribution in [3.05, 3.63) is 21.3 Å². The largest absolute Gasteiger partial charge is 0.394 e. The van der Waals surface area contributed by atoms with Gasteiger partial charge < -0.3 is 9.94 Å². The summed E-state index contributed by atoms with van der Waals surface area (Å²) in [4.78, 5) is 17.9. The van der Waals surface area contributed by atoms with Crippen molar-refractivity contribution in [2.75, 3.05) is 13.2 Å². The first-order valence-electron chi connectivity index (χ1n) is 5.54. The third-order valence-electron chi connectivity index (χ3n) is 2.35. The normalized spacial score (nSPS) is 17.2. The van der Waals surface area contributed by atoms with Gasteiger partial charge in [0.2, 0.25) is 0 Å². The molecule has 0 radical (unpaired) electrons. The number of β-amino-alcohol motifs (C(OH)–C–C–N with tert-alkyl or cyclic N) is 1. The van der Waals surface area contributed by atoms with E-state index in [9.17, 15) is 4.79 Å². The molecule has 0 unspecified atom stereocenters. The Kier molecular flexibility index (Phi) is 4.52. The van der Waals surface area contributed by atoms with Gasteiger partial charge in [-0.1, -0.05) is 16.8 Å². The van der Waals surface area contributed by atoms with Gasteiger partial charge in [0.25, 0.3) is 5.91 Å². The summed E-state index contributed by atoms with van der Waals surface area (Å²) in [7, 11) is 0. The van der Waals surface area contributed by atoms with Crippen LogP contribution in [0.2, 0.25) is 4.34 Å². The smallest absolute Gasteiger partial charge is 0.298 e. The lowest BCUT2D eigenvalue weighted by Gasteiger charge is -2.07. The minimum Gasteiger partial charge on any atom is -0.394 e. The Hall–Kier alpha value is -1.44. The molecule has 1 aliphatic rings. The number of carbonyl (C=O) groups excluding carboxylic acids is 1. The highest BCUT2D eigenvalue weighted by Gasteiger charge is 2.29. The van der Waals surface area contributed by atoms with Gasteiger partial charge in [-0.2, -0.15) is 5.10 Å². The van der Waals surface area contributed by atoms with Gasteiger partial charge in [-0.05, 0) is 19.1 Å². The Morgan fingerprint density at radius 3 is 3.00 bits per heavy atom. The van der Waals surface area contributed by atoms with E-state index in [1.165, 1.54) is 16.3 Å². The SMILES string of the molecule is CC1=NN(CCO)C(=O)C1=NOCc1ccc(Cl)s1. The molecule has 8 heteroatoms. The van der Waals surface area contributed by atoms with E-state index in [1.54, 1.807) is 13.0 Å². The molecule has 2 rings (SSSR count). The number of hydrogen-bond donors (Lipinski definition) is 1. The highest BCUT2D eigenvalue weighted by Crippen LogP contribution is 2.22. The van der Waals surface area contributed by atoms with E-state index in [0.717, 1.165) is 4.88 Å². The molecule has 0 aromatic carbocycles. The topological polar surface area (TPSA) is 74.5 Å². The van der Waals surface area contributed by atoms with Crippen LogP contribution in [-0.2, 0) is 16.2 Å². The van der Waals surface area contributed by atoms with E-state index in [2.05, 4.69) is 10.3 Å². The summed E-state index contributed by atoms with van der Waals surface area (Å²) in [6, 6.07) is 3.61. The highest BCUT2D eigenvalue weighted by molar-refractivity contribution is 7.16. The molecule has 0 saturated heterocycles. The third-order valence-corrected chi connectivity index (χ3v) is 3.56. The highest BCUT2D eigenvalue weighted by atomic mass is 35.5. The summed E-state index contributed by atoms with van der Waals surface area (Å²) >= 11 is 7.18. The van der Waals surface area contributed by atoms with Gasteiger partial charge in [0.05, 0.1) is 23.2 Å². The summed E-state index contributed by atoms with van der Waals surface area (Å²) in [5.41, 5.74) is 0.638. The first-order chi connectivity index (χ1) is 9.11. The Bertz CT molecular complexity index is 541. The van der Waals surface area contributed by atoms with Crippen molar-refractivity contribution in [1.82, 2.24) is 5.01 Å². The zero-order valence-corrected chi connectivity index (χ0v) is 11.7. The number of oxime groups is 1. The van der Waals surface area contributed by atoms with E-state index >= 15 is 0 Å². The Balaban J connectivity index is 1.96. The van der Waals surface area contributed by atoms with Crippen molar-refractivity contribution in [1.29, 1.82) is 0 Å². The molecule has 1 aliphatic heterocycles. The standard InChI is InChI=1S/C11H12ClN3O3S/c1-7-10(11(17)15(13-7)4-5-16)14-18-6-8-2-3-9(12)19-8/h2-3,16H,4-6H2,1H3. The summed E-state index contributed by atoms with van der Waals surface area (Å²) in [5, 5.41) is 17.7. The predicted octanol–water partition coefficient (Wildman–Crippen LogP) is 1.48. The molecule has 0 bridgehead atoms. The maximum absolute atomic E-state index is 11.8. The molecule has 2 heterocycles. The Morgan fingerprint density at radius 2 is 2.37 bits per heavy atom. The number of aliphatic hydroxyl groups is 1. The number of carbonyl (C=O) groups is 1. The van der Waals surface area contributed by atoms with Crippen LogP contribution in [0.1, 0.15) is 11.8 Å². The molecular formula is C11H12ClN3O3S. The Morgan fingerprint density at radius 1 is 1.58 bits per heavy atom. The van der Waals surface area contributed by atoms with Crippen LogP contribution in [-0.4, -0.2) is 40.6 Å². The van der Waals surface area contributed by atoms with E-state index < -0.39 is 0 Å². The number of hydrazone groups is 1. The van der Waals surface area contributed by atoms with Crippen LogP contribution in [0.15, 0.2) is 22.4 Å². The number of aliphatic hydroxyl groups excluding tert-OH is 1. The summed E-state index contributed by atoms with van der Waals surface area (Å²) < 4.78 is 0.676. The molecule has 0 fully saturated rings. The number of amides is 1. The first kappa shape index (κ1) is 14.0. The lowest BCUT2D eigenvalue weighted by atomic mass is 10.2. The fraction of sp³-hybridized carbons (Fsp3) is 0.364. The lowest BCUT2D eigenvalue weighted by Crippen LogP contribution is -2.29. The van der Waals surface area contributed by atoms with Crippen LogP contribution in [0.3, 0.4) is 0 Å². The van der Waals surface area contributed by atoms with Gasteiger partial charge in [0.15, 0.2) is 12.3 Å². The maximum atomic E-state index is 11.8. The Labute approximate surface area is 118 Å². The van der Waals surface area contributed by atoms with Crippen LogP contribution in [0.4, 0.5) is 0 Å². The molecule has 1 amide bonds. The van der Waals surface area contributed by atoms with E-state index in [0.29, 0.717) is 10.0 Å². The molecule has 0 saturated carbocycles. The van der Waals surface area contributed by atoms with Crippen molar-refractivity contribution in [2.45, 2.75) is 13.5 Å². The molecule has 1 aromatic rings. The van der Waals surface area contributed by atoms with Crippen LogP contribution in [0, 0.1) is 0 Å². The van der Waals surface area contributed by atoms with Crippen LogP contribution >= 0.6 is 22.9 Å². The molecule has 6 nitrogen and oxygen atoms in total. The average Bonchev–Trinajstić information content (AvgIpc) is 2.89. The van der Waals surface area contributed by atoms with Gasteiger partial charge in [0, 0.05) is 4.88 Å². The van der Waals surface area contributed by atoms with Gasteiger partial charge in [-0.15, -0.1) is 11.3 Å². The van der Waals surface area contributed by atoms with Gasteiger partial charge in [-0.25, -0.2) is 5.01 Å². The maximum Gasteiger partial charge on any atom is 0.298 e. The van der Waals surface area contributed by atoms with Crippen molar-refractivity contribution < 1.29 is 14.7 Å². The fourth-order valence-electron chi connectivity index (χ4n) is 1.49. The minimum atomic E-state index is -0.365. The van der Waals surface area contributed by atoms with Crippen molar-refractivity contribution in [3.63, 3.8) is 0 Å². The quantitative estimate of drug-likeness (QED) is 0.837. The lowest BCUT2D eigenvalue weighted by molar-refractivity contribution is -0.124. The second kappa shape index (κ2) is 6.14. The van der Waals surface area contributed by atoms with E-state index in [4.69, 9.17) is 21.5 Å². The minimum absolute atomic E-state index is 0.148. The second-order valence-electron chi connectivity index (χ2n) is 3.76. The first-order valence-corrected chi connectivity index (χ1v) is 6.73. The summed E-state index contributed by atoms with van der Waals surface area (Å²) in [6.07, 6.45) is 0. The number of rotatable bonds is 5. The van der Waals surface area contributed by atoms with E-state index in [-0.39, 0.29) is 31.4 Å². The molecule has 1 aromatic heterocycles. The molecular weight excluding hydrogens is 290 g/mol.